The van der Waals surface area contributed by atoms with Gasteiger partial charge >= 0.3 is 5.97 Å². The van der Waals surface area contributed by atoms with Gasteiger partial charge in [-0.05, 0) is 30.2 Å². The molecule has 0 bridgehead atoms. The van der Waals surface area contributed by atoms with Gasteiger partial charge in [0.25, 0.3) is 0 Å². The highest BCUT2D eigenvalue weighted by Crippen LogP contribution is 2.29. The molecule has 1 rings (SSSR count). The molecule has 0 aromatic heterocycles. The summed E-state index contributed by atoms with van der Waals surface area (Å²) in [7, 11) is 1.53. The number of carboxylic acid groups (broad SMARTS) is 1. The summed E-state index contributed by atoms with van der Waals surface area (Å²) in [6, 6.07) is 6.78. The predicted octanol–water partition coefficient (Wildman–Crippen LogP) is 4.82. The Morgan fingerprint density at radius 2 is 1.84 bits per heavy atom. The Bertz CT molecular complexity index is 617. The van der Waals surface area contributed by atoms with Gasteiger partial charge in [-0.3, -0.25) is 0 Å². The molecule has 0 amide bonds. The molecule has 25 heavy (non-hydrogen) atoms. The number of carboxylic acids is 1. The van der Waals surface area contributed by atoms with Crippen LogP contribution in [0, 0.1) is 11.3 Å². The topological polar surface area (TPSA) is 79.5 Å². The van der Waals surface area contributed by atoms with E-state index in [9.17, 15) is 4.79 Å². The van der Waals surface area contributed by atoms with E-state index in [1.54, 1.807) is 24.3 Å². The van der Waals surface area contributed by atoms with E-state index in [4.69, 9.17) is 19.8 Å². The zero-order chi connectivity index (χ0) is 18.5. The summed E-state index contributed by atoms with van der Waals surface area (Å²) in [6.45, 7) is 2.84. The molecule has 0 spiro atoms. The average Bonchev–Trinajstić information content (AvgIpc) is 2.62. The predicted molar refractivity (Wildman–Crippen MR) is 97.7 cm³/mol. The summed E-state index contributed by atoms with van der Waals surface area (Å²) in [5.41, 5.74) is 0.262. The number of aliphatic carboxylic acids is 1. The van der Waals surface area contributed by atoms with Crippen molar-refractivity contribution in [1.82, 2.24) is 0 Å². The lowest BCUT2D eigenvalue weighted by atomic mass is 10.1. The molecule has 1 aromatic rings. The number of methoxy groups -OCH3 is 1. The fourth-order valence-electron chi connectivity index (χ4n) is 2.44. The van der Waals surface area contributed by atoms with Gasteiger partial charge in [-0.2, -0.15) is 5.26 Å². The van der Waals surface area contributed by atoms with Gasteiger partial charge in [0.1, 0.15) is 11.6 Å². The minimum atomic E-state index is -1.25. The number of carbonyl (C=O) groups is 1. The van der Waals surface area contributed by atoms with Gasteiger partial charge in [-0.25, -0.2) is 4.79 Å². The van der Waals surface area contributed by atoms with Crippen LogP contribution in [0.3, 0.4) is 0 Å². The number of hydrogen-bond donors (Lipinski definition) is 1. The number of rotatable bonds is 12. The van der Waals surface area contributed by atoms with Crippen LogP contribution in [0.25, 0.3) is 6.08 Å². The quantitative estimate of drug-likeness (QED) is 0.334. The molecule has 0 saturated carbocycles. The lowest BCUT2D eigenvalue weighted by molar-refractivity contribution is -0.132. The van der Waals surface area contributed by atoms with Gasteiger partial charge in [0.15, 0.2) is 11.5 Å². The standard InChI is InChI=1S/C20H27NO4/c1-3-4-5-6-7-8-9-12-25-18-11-10-16(14-19(18)24-2)13-17(15-21)20(22)23/h10-11,13-14H,3-9,12H2,1-2H3,(H,22,23)/b17-13+. The fraction of sp³-hybridized carbons (Fsp3) is 0.500. The minimum absolute atomic E-state index is 0.321. The molecule has 0 aliphatic rings. The third-order valence-corrected chi connectivity index (χ3v) is 3.86. The van der Waals surface area contributed by atoms with Crippen LogP contribution in [0.5, 0.6) is 11.5 Å². The Labute approximate surface area is 149 Å². The number of benzene rings is 1. The van der Waals surface area contributed by atoms with Crippen molar-refractivity contribution < 1.29 is 19.4 Å². The first-order chi connectivity index (χ1) is 12.1. The van der Waals surface area contributed by atoms with E-state index in [-0.39, 0.29) is 5.57 Å². The lowest BCUT2D eigenvalue weighted by Crippen LogP contribution is -2.00. The summed E-state index contributed by atoms with van der Waals surface area (Å²) in [5.74, 6) is -0.0976. The van der Waals surface area contributed by atoms with E-state index in [0.29, 0.717) is 23.7 Å². The third-order valence-electron chi connectivity index (χ3n) is 3.86. The van der Waals surface area contributed by atoms with Gasteiger partial charge in [0.05, 0.1) is 13.7 Å². The molecule has 0 fully saturated rings. The van der Waals surface area contributed by atoms with E-state index in [1.165, 1.54) is 45.3 Å². The van der Waals surface area contributed by atoms with Crippen LogP contribution in [0.1, 0.15) is 57.4 Å². The van der Waals surface area contributed by atoms with Crippen molar-refractivity contribution >= 4 is 12.0 Å². The maximum atomic E-state index is 10.9. The maximum absolute atomic E-state index is 10.9. The SMILES string of the molecule is CCCCCCCCCOc1ccc(/C=C(\C#N)C(=O)O)cc1OC. The van der Waals surface area contributed by atoms with E-state index in [2.05, 4.69) is 6.92 Å². The van der Waals surface area contributed by atoms with Gasteiger partial charge in [0.2, 0.25) is 0 Å². The van der Waals surface area contributed by atoms with Crippen LogP contribution in [-0.2, 0) is 4.79 Å². The van der Waals surface area contributed by atoms with Crippen molar-refractivity contribution in [1.29, 1.82) is 5.26 Å². The van der Waals surface area contributed by atoms with Crippen molar-refractivity contribution in [3.63, 3.8) is 0 Å². The first kappa shape index (κ1) is 20.6. The summed E-state index contributed by atoms with van der Waals surface area (Å²) in [6.07, 6.45) is 9.84. The minimum Gasteiger partial charge on any atom is -0.493 e. The van der Waals surface area contributed by atoms with Gasteiger partial charge in [0, 0.05) is 0 Å². The highest BCUT2D eigenvalue weighted by molar-refractivity contribution is 5.96. The molecule has 0 heterocycles. The molecular weight excluding hydrogens is 318 g/mol. The number of nitrogens with zero attached hydrogens (tertiary/aromatic N) is 1. The average molecular weight is 345 g/mol. The number of nitriles is 1. The molecule has 1 aromatic carbocycles. The highest BCUT2D eigenvalue weighted by Gasteiger charge is 2.09. The summed E-state index contributed by atoms with van der Waals surface area (Å²) < 4.78 is 11.1. The normalized spacial score (nSPS) is 11.0. The van der Waals surface area contributed by atoms with Crippen LogP contribution >= 0.6 is 0 Å². The third kappa shape index (κ3) is 7.75. The Morgan fingerprint density at radius 1 is 1.16 bits per heavy atom. The molecule has 1 N–H and O–H groups in total. The second kappa shape index (κ2) is 12.0. The first-order valence-electron chi connectivity index (χ1n) is 8.78. The second-order valence-corrected chi connectivity index (χ2v) is 5.86. The van der Waals surface area contributed by atoms with Crippen LogP contribution < -0.4 is 9.47 Å². The lowest BCUT2D eigenvalue weighted by Gasteiger charge is -2.11. The molecule has 136 valence electrons. The molecular formula is C20H27NO4. The van der Waals surface area contributed by atoms with E-state index in [1.807, 2.05) is 0 Å². The molecule has 0 saturated heterocycles. The largest absolute Gasteiger partial charge is 0.493 e. The molecule has 5 heteroatoms. The highest BCUT2D eigenvalue weighted by atomic mass is 16.5. The number of unbranched alkanes of at least 4 members (excludes halogenated alkanes) is 6. The smallest absolute Gasteiger partial charge is 0.346 e. The van der Waals surface area contributed by atoms with Gasteiger partial charge < -0.3 is 14.6 Å². The first-order valence-corrected chi connectivity index (χ1v) is 8.78. The van der Waals surface area contributed by atoms with Crippen molar-refractivity contribution in [2.24, 2.45) is 0 Å². The number of hydrogen-bond acceptors (Lipinski definition) is 4. The zero-order valence-corrected chi connectivity index (χ0v) is 15.1. The summed E-state index contributed by atoms with van der Waals surface area (Å²) in [5, 5.41) is 17.7. The summed E-state index contributed by atoms with van der Waals surface area (Å²) >= 11 is 0. The van der Waals surface area contributed by atoms with E-state index >= 15 is 0 Å². The van der Waals surface area contributed by atoms with Crippen LogP contribution in [0.4, 0.5) is 0 Å². The molecule has 0 aliphatic carbocycles. The monoisotopic (exact) mass is 345 g/mol. The molecule has 0 unspecified atom stereocenters. The Kier molecular flexibility index (Phi) is 9.84. The van der Waals surface area contributed by atoms with Crippen molar-refractivity contribution in [3.8, 4) is 17.6 Å². The Morgan fingerprint density at radius 3 is 2.44 bits per heavy atom. The molecule has 0 aliphatic heterocycles. The van der Waals surface area contributed by atoms with Crippen LogP contribution in [0.15, 0.2) is 23.8 Å². The van der Waals surface area contributed by atoms with Crippen LogP contribution in [-0.4, -0.2) is 24.8 Å². The Balaban J connectivity index is 2.53. The zero-order valence-electron chi connectivity index (χ0n) is 15.1. The van der Waals surface area contributed by atoms with Gasteiger partial charge in [-0.1, -0.05) is 51.5 Å². The fourth-order valence-corrected chi connectivity index (χ4v) is 2.44. The summed E-state index contributed by atoms with van der Waals surface area (Å²) in [4.78, 5) is 10.9. The molecule has 0 atom stereocenters. The van der Waals surface area contributed by atoms with E-state index < -0.39 is 5.97 Å². The number of ether oxygens (including phenoxy) is 2. The van der Waals surface area contributed by atoms with Gasteiger partial charge in [-0.15, -0.1) is 0 Å². The van der Waals surface area contributed by atoms with E-state index in [0.717, 1.165) is 12.8 Å². The second-order valence-electron chi connectivity index (χ2n) is 5.86. The Hall–Kier alpha value is -2.48. The molecule has 0 radical (unpaired) electrons. The van der Waals surface area contributed by atoms with Crippen LogP contribution in [0.2, 0.25) is 0 Å². The maximum Gasteiger partial charge on any atom is 0.346 e. The van der Waals surface area contributed by atoms with Crippen molar-refractivity contribution in [2.45, 2.75) is 51.9 Å². The molecule has 5 nitrogen and oxygen atoms in total. The van der Waals surface area contributed by atoms with Crippen molar-refractivity contribution in [2.75, 3.05) is 13.7 Å². The van der Waals surface area contributed by atoms with Crippen molar-refractivity contribution in [3.05, 3.63) is 29.3 Å².